The highest BCUT2D eigenvalue weighted by molar-refractivity contribution is 7.15. The standard InChI is InChI=1S/C22H21N3O2S/c1-3-27-19-11-9-16(10-12-19)20-14-25-18(15-28-22(25)23-20)13-21(26)24(2)17-7-5-4-6-8-17/h4-12,14-15H,3,13H2,1-2H3. The number of imidazole rings is 1. The number of benzene rings is 2. The number of likely N-dealkylation sites (N-methyl/N-ethyl adjacent to an activating group) is 1. The molecule has 2 aromatic carbocycles. The van der Waals surface area contributed by atoms with Gasteiger partial charge < -0.3 is 9.64 Å². The molecule has 6 heteroatoms. The van der Waals surface area contributed by atoms with Gasteiger partial charge in [-0.05, 0) is 43.3 Å². The van der Waals surface area contributed by atoms with Gasteiger partial charge in [0.15, 0.2) is 4.96 Å². The lowest BCUT2D eigenvalue weighted by atomic mass is 10.1. The summed E-state index contributed by atoms with van der Waals surface area (Å²) in [5.41, 5.74) is 3.75. The number of hydrogen-bond donors (Lipinski definition) is 0. The Labute approximate surface area is 167 Å². The molecule has 4 aromatic rings. The monoisotopic (exact) mass is 391 g/mol. The minimum Gasteiger partial charge on any atom is -0.494 e. The number of carbonyl (C=O) groups is 1. The van der Waals surface area contributed by atoms with E-state index in [0.29, 0.717) is 13.0 Å². The molecule has 142 valence electrons. The summed E-state index contributed by atoms with van der Waals surface area (Å²) in [7, 11) is 1.81. The minimum absolute atomic E-state index is 0.0437. The Hall–Kier alpha value is -3.12. The summed E-state index contributed by atoms with van der Waals surface area (Å²) in [4.78, 5) is 20.0. The third-order valence-electron chi connectivity index (χ3n) is 4.59. The van der Waals surface area contributed by atoms with E-state index in [-0.39, 0.29) is 5.91 Å². The predicted octanol–water partition coefficient (Wildman–Crippen LogP) is 4.67. The lowest BCUT2D eigenvalue weighted by molar-refractivity contribution is -0.117. The third-order valence-corrected chi connectivity index (χ3v) is 5.48. The average Bonchev–Trinajstić information content (AvgIpc) is 3.31. The van der Waals surface area contributed by atoms with Crippen molar-refractivity contribution in [2.24, 2.45) is 0 Å². The summed E-state index contributed by atoms with van der Waals surface area (Å²) in [6, 6.07) is 17.6. The van der Waals surface area contributed by atoms with E-state index in [1.54, 1.807) is 23.3 Å². The Bertz CT molecular complexity index is 1080. The number of hydrogen-bond acceptors (Lipinski definition) is 4. The zero-order valence-electron chi connectivity index (χ0n) is 15.8. The second-order valence-corrected chi connectivity index (χ2v) is 7.26. The smallest absolute Gasteiger partial charge is 0.232 e. The van der Waals surface area contributed by atoms with E-state index in [1.165, 1.54) is 0 Å². The second kappa shape index (κ2) is 7.86. The van der Waals surface area contributed by atoms with Crippen molar-refractivity contribution >= 4 is 27.9 Å². The van der Waals surface area contributed by atoms with Gasteiger partial charge in [0.1, 0.15) is 5.75 Å². The van der Waals surface area contributed by atoms with Crippen molar-refractivity contribution in [3.05, 3.63) is 71.9 Å². The van der Waals surface area contributed by atoms with E-state index >= 15 is 0 Å². The summed E-state index contributed by atoms with van der Waals surface area (Å²) in [5.74, 6) is 0.893. The molecule has 0 spiro atoms. The molecular weight excluding hydrogens is 370 g/mol. The number of carbonyl (C=O) groups excluding carboxylic acids is 1. The zero-order chi connectivity index (χ0) is 19.5. The molecule has 0 aliphatic heterocycles. The van der Waals surface area contributed by atoms with E-state index < -0.39 is 0 Å². The molecule has 0 bridgehead atoms. The molecule has 0 unspecified atom stereocenters. The van der Waals surface area contributed by atoms with E-state index in [1.807, 2.05) is 77.5 Å². The first kappa shape index (κ1) is 18.3. The molecule has 0 saturated heterocycles. The summed E-state index contributed by atoms with van der Waals surface area (Å²) in [6.07, 6.45) is 2.32. The fraction of sp³-hybridized carbons (Fsp3) is 0.182. The average molecular weight is 391 g/mol. The van der Waals surface area contributed by atoms with E-state index in [4.69, 9.17) is 9.72 Å². The van der Waals surface area contributed by atoms with E-state index in [2.05, 4.69) is 0 Å². The molecular formula is C22H21N3O2S. The number of aromatic nitrogens is 2. The van der Waals surface area contributed by atoms with Gasteiger partial charge in [-0.3, -0.25) is 9.20 Å². The van der Waals surface area contributed by atoms with Crippen LogP contribution in [0.3, 0.4) is 0 Å². The van der Waals surface area contributed by atoms with Gasteiger partial charge >= 0.3 is 0 Å². The molecule has 0 radical (unpaired) electrons. The molecule has 0 aliphatic carbocycles. The predicted molar refractivity (Wildman–Crippen MR) is 113 cm³/mol. The topological polar surface area (TPSA) is 46.8 Å². The fourth-order valence-corrected chi connectivity index (χ4v) is 3.93. The highest BCUT2D eigenvalue weighted by Crippen LogP contribution is 2.26. The van der Waals surface area contributed by atoms with Gasteiger partial charge in [0.25, 0.3) is 0 Å². The minimum atomic E-state index is 0.0437. The Morgan fingerprint density at radius 3 is 2.61 bits per heavy atom. The van der Waals surface area contributed by atoms with Crippen LogP contribution in [-0.2, 0) is 11.2 Å². The number of rotatable bonds is 6. The van der Waals surface area contributed by atoms with Crippen LogP contribution < -0.4 is 9.64 Å². The van der Waals surface area contributed by atoms with Gasteiger partial charge in [-0.1, -0.05) is 18.2 Å². The second-order valence-electron chi connectivity index (χ2n) is 6.43. The van der Waals surface area contributed by atoms with Gasteiger partial charge in [-0.25, -0.2) is 4.98 Å². The van der Waals surface area contributed by atoms with Crippen LogP contribution in [0, 0.1) is 0 Å². The molecule has 0 N–H and O–H groups in total. The summed E-state index contributed by atoms with van der Waals surface area (Å²) in [5, 5.41) is 2.00. The first-order chi connectivity index (χ1) is 13.7. The highest BCUT2D eigenvalue weighted by atomic mass is 32.1. The first-order valence-corrected chi connectivity index (χ1v) is 10.0. The molecule has 28 heavy (non-hydrogen) atoms. The van der Waals surface area contributed by atoms with Crippen LogP contribution in [0.4, 0.5) is 5.69 Å². The first-order valence-electron chi connectivity index (χ1n) is 9.16. The van der Waals surface area contributed by atoms with Crippen molar-refractivity contribution in [3.63, 3.8) is 0 Å². The fourth-order valence-electron chi connectivity index (χ4n) is 3.05. The van der Waals surface area contributed by atoms with Gasteiger partial charge in [0, 0.05) is 35.6 Å². The Morgan fingerprint density at radius 2 is 1.89 bits per heavy atom. The lowest BCUT2D eigenvalue weighted by Crippen LogP contribution is -2.28. The molecule has 1 amide bonds. The van der Waals surface area contributed by atoms with Crippen LogP contribution in [0.5, 0.6) is 5.75 Å². The van der Waals surface area contributed by atoms with Gasteiger partial charge in [-0.2, -0.15) is 0 Å². The van der Waals surface area contributed by atoms with E-state index in [0.717, 1.165) is 33.3 Å². The Kier molecular flexibility index (Phi) is 5.12. The van der Waals surface area contributed by atoms with Crippen LogP contribution in [0.15, 0.2) is 66.2 Å². The quantitative estimate of drug-likeness (QED) is 0.480. The molecule has 2 heterocycles. The Balaban J connectivity index is 1.55. The maximum absolute atomic E-state index is 12.7. The zero-order valence-corrected chi connectivity index (χ0v) is 16.6. The summed E-state index contributed by atoms with van der Waals surface area (Å²) < 4.78 is 7.50. The van der Waals surface area contributed by atoms with Crippen LogP contribution in [-0.4, -0.2) is 28.9 Å². The lowest BCUT2D eigenvalue weighted by Gasteiger charge is -2.16. The van der Waals surface area contributed by atoms with Crippen molar-refractivity contribution in [1.82, 2.24) is 9.38 Å². The molecule has 0 fully saturated rings. The van der Waals surface area contributed by atoms with Gasteiger partial charge in [0.05, 0.1) is 18.7 Å². The normalized spacial score (nSPS) is 10.9. The van der Waals surface area contributed by atoms with Crippen LogP contribution >= 0.6 is 11.3 Å². The number of fused-ring (bicyclic) bond motifs is 1. The molecule has 4 rings (SSSR count). The maximum Gasteiger partial charge on any atom is 0.232 e. The number of ether oxygens (including phenoxy) is 1. The highest BCUT2D eigenvalue weighted by Gasteiger charge is 2.16. The van der Waals surface area contributed by atoms with Crippen LogP contribution in [0.1, 0.15) is 12.6 Å². The van der Waals surface area contributed by atoms with Crippen molar-refractivity contribution in [1.29, 1.82) is 0 Å². The van der Waals surface area contributed by atoms with Crippen molar-refractivity contribution in [2.75, 3.05) is 18.6 Å². The number of para-hydroxylation sites is 1. The summed E-state index contributed by atoms with van der Waals surface area (Å²) >= 11 is 1.55. The van der Waals surface area contributed by atoms with Gasteiger partial charge in [0.2, 0.25) is 5.91 Å². The maximum atomic E-state index is 12.7. The molecule has 2 aromatic heterocycles. The largest absolute Gasteiger partial charge is 0.494 e. The Morgan fingerprint density at radius 1 is 1.14 bits per heavy atom. The molecule has 0 atom stereocenters. The number of amides is 1. The molecule has 5 nitrogen and oxygen atoms in total. The number of nitrogens with zero attached hydrogens (tertiary/aromatic N) is 3. The number of thiazole rings is 1. The van der Waals surface area contributed by atoms with E-state index in [9.17, 15) is 4.79 Å². The van der Waals surface area contributed by atoms with Crippen LogP contribution in [0.2, 0.25) is 0 Å². The van der Waals surface area contributed by atoms with Crippen molar-refractivity contribution in [3.8, 4) is 17.0 Å². The number of anilines is 1. The van der Waals surface area contributed by atoms with Crippen molar-refractivity contribution < 1.29 is 9.53 Å². The summed E-state index contributed by atoms with van der Waals surface area (Å²) in [6.45, 7) is 2.61. The van der Waals surface area contributed by atoms with Crippen molar-refractivity contribution in [2.45, 2.75) is 13.3 Å². The SMILES string of the molecule is CCOc1ccc(-c2cn3c(CC(=O)N(C)c4ccccc4)csc3n2)cc1. The third kappa shape index (κ3) is 3.64. The van der Waals surface area contributed by atoms with Crippen LogP contribution in [0.25, 0.3) is 16.2 Å². The van der Waals surface area contributed by atoms with Gasteiger partial charge in [-0.15, -0.1) is 11.3 Å². The molecule has 0 saturated carbocycles. The molecule has 0 aliphatic rings.